The van der Waals surface area contributed by atoms with Gasteiger partial charge in [-0.3, -0.25) is 4.40 Å². The molecule has 0 N–H and O–H groups in total. The number of pyridine rings is 1. The smallest absolute Gasteiger partial charge is 0.144 e. The molecule has 3 aromatic rings. The van der Waals surface area contributed by atoms with Crippen molar-refractivity contribution < 1.29 is 0 Å². The van der Waals surface area contributed by atoms with Crippen LogP contribution in [0.1, 0.15) is 5.56 Å². The number of benzene rings is 1. The molecular weight excluding hydrogens is 196 g/mol. The summed E-state index contributed by atoms with van der Waals surface area (Å²) >= 11 is 0. The molecular formula is C14H12N2. The Morgan fingerprint density at radius 2 is 1.88 bits per heavy atom. The Kier molecular flexibility index (Phi) is 2.00. The molecule has 3 rings (SSSR count). The van der Waals surface area contributed by atoms with Crippen molar-refractivity contribution in [3.05, 3.63) is 60.4 Å². The topological polar surface area (TPSA) is 17.3 Å². The summed E-state index contributed by atoms with van der Waals surface area (Å²) in [6, 6.07) is 14.5. The van der Waals surface area contributed by atoms with Crippen LogP contribution in [0.2, 0.25) is 0 Å². The van der Waals surface area contributed by atoms with Gasteiger partial charge in [0, 0.05) is 11.8 Å². The van der Waals surface area contributed by atoms with Crippen LogP contribution in [0, 0.1) is 6.92 Å². The lowest BCUT2D eigenvalue weighted by Gasteiger charge is -2.01. The quantitative estimate of drug-likeness (QED) is 0.599. The van der Waals surface area contributed by atoms with Crippen LogP contribution < -0.4 is 0 Å². The van der Waals surface area contributed by atoms with E-state index in [1.54, 1.807) is 0 Å². The van der Waals surface area contributed by atoms with Crippen molar-refractivity contribution in [2.24, 2.45) is 0 Å². The molecule has 78 valence electrons. The molecule has 0 saturated heterocycles. The molecule has 0 amide bonds. The highest BCUT2D eigenvalue weighted by atomic mass is 15.0. The van der Waals surface area contributed by atoms with E-state index < -0.39 is 0 Å². The van der Waals surface area contributed by atoms with Gasteiger partial charge in [-0.2, -0.15) is 0 Å². The Morgan fingerprint density at radius 3 is 2.69 bits per heavy atom. The fraction of sp³-hybridized carbons (Fsp3) is 0.0714. The Bertz CT molecular complexity index is 624. The van der Waals surface area contributed by atoms with Gasteiger partial charge in [-0.25, -0.2) is 4.98 Å². The van der Waals surface area contributed by atoms with Crippen LogP contribution in [-0.2, 0) is 0 Å². The maximum Gasteiger partial charge on any atom is 0.144 e. The first-order chi connectivity index (χ1) is 7.84. The van der Waals surface area contributed by atoms with E-state index in [1.807, 2.05) is 24.4 Å². The molecule has 0 atom stereocenters. The minimum Gasteiger partial charge on any atom is -0.300 e. The summed E-state index contributed by atoms with van der Waals surface area (Å²) in [6.45, 7) is 2.09. The van der Waals surface area contributed by atoms with Crippen LogP contribution >= 0.6 is 0 Å². The van der Waals surface area contributed by atoms with E-state index >= 15 is 0 Å². The van der Waals surface area contributed by atoms with Gasteiger partial charge in [0.15, 0.2) is 0 Å². The van der Waals surface area contributed by atoms with Crippen molar-refractivity contribution >= 4 is 5.52 Å². The molecule has 2 heterocycles. The van der Waals surface area contributed by atoms with Crippen LogP contribution in [0.4, 0.5) is 0 Å². The molecule has 16 heavy (non-hydrogen) atoms. The number of aryl methyl sites for hydroxylation is 1. The summed E-state index contributed by atoms with van der Waals surface area (Å²) in [5, 5.41) is 0. The zero-order chi connectivity index (χ0) is 11.0. The molecule has 2 nitrogen and oxygen atoms in total. The molecule has 0 aliphatic heterocycles. The third-order valence-electron chi connectivity index (χ3n) is 2.72. The van der Waals surface area contributed by atoms with Gasteiger partial charge in [0.25, 0.3) is 0 Å². The lowest BCUT2D eigenvalue weighted by molar-refractivity contribution is 1.15. The monoisotopic (exact) mass is 208 g/mol. The minimum atomic E-state index is 0.996. The van der Waals surface area contributed by atoms with Gasteiger partial charge in [-0.1, -0.05) is 30.3 Å². The standard InChI is InChI=1S/C14H12N2/c1-11-7-8-16-13(9-11)10-15-14(16)12-5-3-2-4-6-12/h2-10H,1H3. The van der Waals surface area contributed by atoms with Crippen molar-refractivity contribution in [1.29, 1.82) is 0 Å². The second-order valence-electron chi connectivity index (χ2n) is 3.95. The van der Waals surface area contributed by atoms with Crippen LogP contribution in [0.5, 0.6) is 0 Å². The zero-order valence-electron chi connectivity index (χ0n) is 9.09. The fourth-order valence-corrected chi connectivity index (χ4v) is 1.91. The van der Waals surface area contributed by atoms with Crippen LogP contribution in [0.25, 0.3) is 16.9 Å². The van der Waals surface area contributed by atoms with Crippen LogP contribution in [0.3, 0.4) is 0 Å². The van der Waals surface area contributed by atoms with Crippen LogP contribution in [0.15, 0.2) is 54.9 Å². The van der Waals surface area contributed by atoms with E-state index in [-0.39, 0.29) is 0 Å². The molecule has 0 aliphatic carbocycles. The van der Waals surface area contributed by atoms with E-state index in [9.17, 15) is 0 Å². The van der Waals surface area contributed by atoms with Gasteiger partial charge in [-0.05, 0) is 24.6 Å². The van der Waals surface area contributed by atoms with E-state index in [2.05, 4.69) is 46.8 Å². The summed E-state index contributed by atoms with van der Waals surface area (Å²) in [6.07, 6.45) is 3.98. The number of rotatable bonds is 1. The van der Waals surface area contributed by atoms with E-state index in [1.165, 1.54) is 5.56 Å². The Hall–Kier alpha value is -2.09. The van der Waals surface area contributed by atoms with Gasteiger partial charge in [-0.15, -0.1) is 0 Å². The first-order valence-corrected chi connectivity index (χ1v) is 5.34. The summed E-state index contributed by atoms with van der Waals surface area (Å²) in [7, 11) is 0. The zero-order valence-corrected chi connectivity index (χ0v) is 9.09. The lowest BCUT2D eigenvalue weighted by atomic mass is 10.2. The number of aromatic nitrogens is 2. The highest BCUT2D eigenvalue weighted by Crippen LogP contribution is 2.19. The van der Waals surface area contributed by atoms with Gasteiger partial charge in [0.2, 0.25) is 0 Å². The second-order valence-corrected chi connectivity index (χ2v) is 3.95. The number of hydrogen-bond acceptors (Lipinski definition) is 1. The molecule has 0 unspecified atom stereocenters. The van der Waals surface area contributed by atoms with E-state index in [4.69, 9.17) is 0 Å². The predicted octanol–water partition coefficient (Wildman–Crippen LogP) is 3.31. The van der Waals surface area contributed by atoms with Crippen molar-refractivity contribution in [1.82, 2.24) is 9.38 Å². The van der Waals surface area contributed by atoms with E-state index in [0.29, 0.717) is 0 Å². The third kappa shape index (κ3) is 1.39. The normalized spacial score (nSPS) is 10.8. The first-order valence-electron chi connectivity index (χ1n) is 5.34. The van der Waals surface area contributed by atoms with E-state index in [0.717, 1.165) is 16.9 Å². The molecule has 1 aromatic carbocycles. The summed E-state index contributed by atoms with van der Waals surface area (Å²) < 4.78 is 2.11. The third-order valence-corrected chi connectivity index (χ3v) is 2.72. The Balaban J connectivity index is 2.26. The first kappa shape index (κ1) is 9.16. The Morgan fingerprint density at radius 1 is 1.06 bits per heavy atom. The van der Waals surface area contributed by atoms with Gasteiger partial charge in [0.1, 0.15) is 5.82 Å². The molecule has 0 fully saturated rings. The van der Waals surface area contributed by atoms with Crippen molar-refractivity contribution in [2.75, 3.05) is 0 Å². The van der Waals surface area contributed by atoms with Crippen molar-refractivity contribution in [2.45, 2.75) is 6.92 Å². The lowest BCUT2D eigenvalue weighted by Crippen LogP contribution is -1.88. The molecule has 2 heteroatoms. The van der Waals surface area contributed by atoms with Crippen LogP contribution in [-0.4, -0.2) is 9.38 Å². The predicted molar refractivity (Wildman–Crippen MR) is 65.4 cm³/mol. The maximum absolute atomic E-state index is 4.47. The number of imidazole rings is 1. The fourth-order valence-electron chi connectivity index (χ4n) is 1.91. The molecule has 0 saturated carbocycles. The maximum atomic E-state index is 4.47. The highest BCUT2D eigenvalue weighted by Gasteiger charge is 2.04. The largest absolute Gasteiger partial charge is 0.300 e. The molecule has 0 spiro atoms. The van der Waals surface area contributed by atoms with Gasteiger partial charge < -0.3 is 0 Å². The Labute approximate surface area is 94.2 Å². The minimum absolute atomic E-state index is 0.996. The summed E-state index contributed by atoms with van der Waals surface area (Å²) in [5.74, 6) is 0.996. The summed E-state index contributed by atoms with van der Waals surface area (Å²) in [4.78, 5) is 4.47. The summed E-state index contributed by atoms with van der Waals surface area (Å²) in [5.41, 5.74) is 3.54. The van der Waals surface area contributed by atoms with Gasteiger partial charge >= 0.3 is 0 Å². The number of nitrogens with zero attached hydrogens (tertiary/aromatic N) is 2. The molecule has 0 bridgehead atoms. The van der Waals surface area contributed by atoms with Gasteiger partial charge in [0.05, 0.1) is 11.7 Å². The molecule has 2 aromatic heterocycles. The van der Waals surface area contributed by atoms with Crippen molar-refractivity contribution in [3.8, 4) is 11.4 Å². The average molecular weight is 208 g/mol. The molecule has 0 radical (unpaired) electrons. The number of hydrogen-bond donors (Lipinski definition) is 0. The molecule has 0 aliphatic rings. The number of fused-ring (bicyclic) bond motifs is 1. The SMILES string of the molecule is Cc1ccn2c(-c3ccccc3)ncc2c1. The average Bonchev–Trinajstić information content (AvgIpc) is 2.73. The van der Waals surface area contributed by atoms with Crippen molar-refractivity contribution in [3.63, 3.8) is 0 Å². The highest BCUT2D eigenvalue weighted by molar-refractivity contribution is 5.62. The second kappa shape index (κ2) is 3.49.